The quantitative estimate of drug-likeness (QED) is 0.457. The normalized spacial score (nSPS) is 11.9. The van der Waals surface area contributed by atoms with E-state index in [0.717, 1.165) is 28.8 Å². The van der Waals surface area contributed by atoms with Gasteiger partial charge in [0, 0.05) is 5.69 Å². The number of halogens is 1. The van der Waals surface area contributed by atoms with Gasteiger partial charge in [-0.2, -0.15) is 0 Å². The SMILES string of the molecule is CCC(C)c1ccc(OCC(=O)Nc2ccc(OCCC(C)C)cc2)c(Br)c1. The van der Waals surface area contributed by atoms with Crippen molar-refractivity contribution in [2.45, 2.75) is 46.5 Å². The average molecular weight is 448 g/mol. The monoisotopic (exact) mass is 447 g/mol. The largest absolute Gasteiger partial charge is 0.494 e. The summed E-state index contributed by atoms with van der Waals surface area (Å²) in [6.07, 6.45) is 2.10. The van der Waals surface area contributed by atoms with Gasteiger partial charge in [0.25, 0.3) is 5.91 Å². The molecule has 0 aliphatic carbocycles. The number of carbonyl (C=O) groups excluding carboxylic acids is 1. The Balaban J connectivity index is 1.82. The Morgan fingerprint density at radius 2 is 1.79 bits per heavy atom. The predicted octanol–water partition coefficient (Wildman–Crippen LogP) is 6.41. The number of amides is 1. The minimum absolute atomic E-state index is 0.0477. The standard InChI is InChI=1S/C23H30BrNO3/c1-5-17(4)18-6-11-22(21(24)14-18)28-15-23(26)25-19-7-9-20(10-8-19)27-13-12-16(2)3/h6-11,14,16-17H,5,12-13,15H2,1-4H3,(H,25,26). The average Bonchev–Trinajstić information content (AvgIpc) is 2.67. The fourth-order valence-corrected chi connectivity index (χ4v) is 3.07. The van der Waals surface area contributed by atoms with Crippen LogP contribution in [0.2, 0.25) is 0 Å². The van der Waals surface area contributed by atoms with Crippen LogP contribution >= 0.6 is 15.9 Å². The first-order valence-corrected chi connectivity index (χ1v) is 10.6. The lowest BCUT2D eigenvalue weighted by Crippen LogP contribution is -2.20. The summed E-state index contributed by atoms with van der Waals surface area (Å²) >= 11 is 3.53. The number of hydrogen-bond acceptors (Lipinski definition) is 3. The maximum Gasteiger partial charge on any atom is 0.262 e. The zero-order valence-corrected chi connectivity index (χ0v) is 18.7. The molecule has 2 rings (SSSR count). The van der Waals surface area contributed by atoms with Crippen molar-refractivity contribution in [3.05, 3.63) is 52.5 Å². The van der Waals surface area contributed by atoms with Gasteiger partial charge in [0.15, 0.2) is 6.61 Å². The first-order valence-electron chi connectivity index (χ1n) is 9.84. The van der Waals surface area contributed by atoms with Gasteiger partial charge < -0.3 is 14.8 Å². The van der Waals surface area contributed by atoms with Crippen LogP contribution < -0.4 is 14.8 Å². The van der Waals surface area contributed by atoms with Gasteiger partial charge in [-0.05, 0) is 82.6 Å². The van der Waals surface area contributed by atoms with Gasteiger partial charge in [-0.15, -0.1) is 0 Å². The summed E-state index contributed by atoms with van der Waals surface area (Å²) < 4.78 is 12.2. The van der Waals surface area contributed by atoms with E-state index in [2.05, 4.69) is 55.0 Å². The zero-order chi connectivity index (χ0) is 20.5. The smallest absolute Gasteiger partial charge is 0.262 e. The molecule has 0 aromatic heterocycles. The minimum atomic E-state index is -0.202. The van der Waals surface area contributed by atoms with Crippen molar-refractivity contribution in [1.82, 2.24) is 0 Å². The third kappa shape index (κ3) is 7.19. The van der Waals surface area contributed by atoms with E-state index < -0.39 is 0 Å². The fraction of sp³-hybridized carbons (Fsp3) is 0.435. The summed E-state index contributed by atoms with van der Waals surface area (Å²) in [5, 5.41) is 2.84. The number of rotatable bonds is 10. The Morgan fingerprint density at radius 1 is 1.07 bits per heavy atom. The Hall–Kier alpha value is -2.01. The highest BCUT2D eigenvalue weighted by molar-refractivity contribution is 9.10. The number of hydrogen-bond donors (Lipinski definition) is 1. The number of ether oxygens (including phenoxy) is 2. The Morgan fingerprint density at radius 3 is 2.39 bits per heavy atom. The summed E-state index contributed by atoms with van der Waals surface area (Å²) in [6.45, 7) is 9.34. The molecular weight excluding hydrogens is 418 g/mol. The second-order valence-electron chi connectivity index (χ2n) is 7.39. The highest BCUT2D eigenvalue weighted by Crippen LogP contribution is 2.30. The molecule has 1 unspecified atom stereocenters. The number of anilines is 1. The van der Waals surface area contributed by atoms with Crippen LogP contribution in [0.25, 0.3) is 0 Å². The molecule has 0 heterocycles. The molecule has 0 aliphatic heterocycles. The van der Waals surface area contributed by atoms with Crippen molar-refractivity contribution in [2.75, 3.05) is 18.5 Å². The molecule has 0 aliphatic rings. The van der Waals surface area contributed by atoms with Crippen LogP contribution in [0.5, 0.6) is 11.5 Å². The molecule has 152 valence electrons. The molecule has 0 radical (unpaired) electrons. The second-order valence-corrected chi connectivity index (χ2v) is 8.25. The Kier molecular flexibility index (Phi) is 8.84. The van der Waals surface area contributed by atoms with Gasteiger partial charge in [0.2, 0.25) is 0 Å². The van der Waals surface area contributed by atoms with Crippen LogP contribution in [-0.2, 0) is 4.79 Å². The Bertz CT molecular complexity index is 759. The van der Waals surface area contributed by atoms with E-state index in [4.69, 9.17) is 9.47 Å². The molecule has 0 bridgehead atoms. The van der Waals surface area contributed by atoms with Gasteiger partial charge in [-0.25, -0.2) is 0 Å². The molecule has 0 saturated carbocycles. The Labute approximate surface area is 176 Å². The molecule has 5 heteroatoms. The molecule has 28 heavy (non-hydrogen) atoms. The lowest BCUT2D eigenvalue weighted by molar-refractivity contribution is -0.118. The highest BCUT2D eigenvalue weighted by atomic mass is 79.9. The molecule has 1 N–H and O–H groups in total. The summed E-state index contributed by atoms with van der Waals surface area (Å²) in [7, 11) is 0. The number of benzene rings is 2. The van der Waals surface area contributed by atoms with Crippen molar-refractivity contribution < 1.29 is 14.3 Å². The van der Waals surface area contributed by atoms with E-state index in [1.165, 1.54) is 5.56 Å². The first-order chi connectivity index (χ1) is 13.4. The molecule has 0 spiro atoms. The molecule has 2 aromatic rings. The molecule has 2 aromatic carbocycles. The topological polar surface area (TPSA) is 47.6 Å². The van der Waals surface area contributed by atoms with Crippen molar-refractivity contribution in [3.63, 3.8) is 0 Å². The van der Waals surface area contributed by atoms with Crippen molar-refractivity contribution in [3.8, 4) is 11.5 Å². The van der Waals surface area contributed by atoms with E-state index in [9.17, 15) is 4.79 Å². The van der Waals surface area contributed by atoms with E-state index in [1.807, 2.05) is 36.4 Å². The van der Waals surface area contributed by atoms with E-state index in [0.29, 0.717) is 24.2 Å². The van der Waals surface area contributed by atoms with Gasteiger partial charge in [-0.1, -0.05) is 33.8 Å². The van der Waals surface area contributed by atoms with Crippen LogP contribution in [0, 0.1) is 5.92 Å². The third-order valence-electron chi connectivity index (χ3n) is 4.60. The third-order valence-corrected chi connectivity index (χ3v) is 5.22. The molecule has 0 saturated heterocycles. The van der Waals surface area contributed by atoms with Gasteiger partial charge in [0.1, 0.15) is 11.5 Å². The summed E-state index contributed by atoms with van der Waals surface area (Å²) in [5.41, 5.74) is 1.97. The minimum Gasteiger partial charge on any atom is -0.494 e. The van der Waals surface area contributed by atoms with E-state index >= 15 is 0 Å². The summed E-state index contributed by atoms with van der Waals surface area (Å²) in [6, 6.07) is 13.4. The number of carbonyl (C=O) groups is 1. The molecule has 4 nitrogen and oxygen atoms in total. The molecular formula is C23H30BrNO3. The van der Waals surface area contributed by atoms with Crippen molar-refractivity contribution >= 4 is 27.5 Å². The van der Waals surface area contributed by atoms with Crippen LogP contribution in [0.3, 0.4) is 0 Å². The van der Waals surface area contributed by atoms with Gasteiger partial charge in [-0.3, -0.25) is 4.79 Å². The highest BCUT2D eigenvalue weighted by Gasteiger charge is 2.10. The lowest BCUT2D eigenvalue weighted by Gasteiger charge is -2.13. The summed E-state index contributed by atoms with van der Waals surface area (Å²) in [5.74, 6) is 2.37. The number of nitrogens with one attached hydrogen (secondary N) is 1. The maximum absolute atomic E-state index is 12.2. The molecule has 1 atom stereocenters. The van der Waals surface area contributed by atoms with Crippen LogP contribution in [0.1, 0.15) is 52.0 Å². The van der Waals surface area contributed by atoms with Crippen molar-refractivity contribution in [1.29, 1.82) is 0 Å². The van der Waals surface area contributed by atoms with Crippen LogP contribution in [0.4, 0.5) is 5.69 Å². The lowest BCUT2D eigenvalue weighted by atomic mass is 9.99. The zero-order valence-electron chi connectivity index (χ0n) is 17.1. The van der Waals surface area contributed by atoms with Crippen LogP contribution in [0.15, 0.2) is 46.9 Å². The fourth-order valence-electron chi connectivity index (χ4n) is 2.56. The maximum atomic E-state index is 12.2. The second kappa shape index (κ2) is 11.1. The first kappa shape index (κ1) is 22.3. The molecule has 1 amide bonds. The molecule has 0 fully saturated rings. The van der Waals surface area contributed by atoms with E-state index in [-0.39, 0.29) is 12.5 Å². The van der Waals surface area contributed by atoms with E-state index in [1.54, 1.807) is 0 Å². The van der Waals surface area contributed by atoms with Gasteiger partial charge >= 0.3 is 0 Å². The van der Waals surface area contributed by atoms with Gasteiger partial charge in [0.05, 0.1) is 11.1 Å². The summed E-state index contributed by atoms with van der Waals surface area (Å²) in [4.78, 5) is 12.2. The predicted molar refractivity (Wildman–Crippen MR) is 118 cm³/mol. The van der Waals surface area contributed by atoms with Crippen molar-refractivity contribution in [2.24, 2.45) is 5.92 Å². The van der Waals surface area contributed by atoms with Crippen LogP contribution in [-0.4, -0.2) is 19.1 Å².